The number of halogens is 1. The number of benzene rings is 1. The molecule has 0 radical (unpaired) electrons. The third-order valence-electron chi connectivity index (χ3n) is 2.99. The van der Waals surface area contributed by atoms with Gasteiger partial charge in [0.2, 0.25) is 5.88 Å². The number of ether oxygens (including phenoxy) is 1. The van der Waals surface area contributed by atoms with Crippen LogP contribution in [-0.2, 0) is 13.0 Å². The molecule has 0 amide bonds. The Balaban J connectivity index is 1.95. The normalized spacial score (nSPS) is 10.3. The highest BCUT2D eigenvalue weighted by atomic mass is 35.5. The Morgan fingerprint density at radius 3 is 2.85 bits per heavy atom. The summed E-state index contributed by atoms with van der Waals surface area (Å²) in [7, 11) is 1.62. The van der Waals surface area contributed by atoms with Gasteiger partial charge in [0.15, 0.2) is 0 Å². The smallest absolute Gasteiger partial charge is 0.213 e. The van der Waals surface area contributed by atoms with Crippen LogP contribution in [0.4, 0.5) is 5.69 Å². The van der Waals surface area contributed by atoms with Crippen molar-refractivity contribution in [3.05, 3.63) is 53.7 Å². The summed E-state index contributed by atoms with van der Waals surface area (Å²) in [6.45, 7) is 0.677. The number of pyridine rings is 1. The summed E-state index contributed by atoms with van der Waals surface area (Å²) in [6, 6.07) is 14.2. The number of anilines is 1. The summed E-state index contributed by atoms with van der Waals surface area (Å²) in [5.74, 6) is 1.34. The minimum absolute atomic E-state index is 0.639. The monoisotopic (exact) mass is 290 g/mol. The SMILES string of the molecule is COc1cccc(CNc2cccc(CCCCl)c2)n1. The van der Waals surface area contributed by atoms with Crippen LogP contribution < -0.4 is 10.1 Å². The van der Waals surface area contributed by atoms with Gasteiger partial charge in [-0.2, -0.15) is 0 Å². The number of alkyl halides is 1. The van der Waals surface area contributed by atoms with E-state index in [1.54, 1.807) is 7.11 Å². The molecule has 0 aliphatic heterocycles. The Morgan fingerprint density at radius 2 is 2.05 bits per heavy atom. The van der Waals surface area contributed by atoms with Crippen molar-refractivity contribution in [2.24, 2.45) is 0 Å². The van der Waals surface area contributed by atoms with Crippen molar-refractivity contribution in [1.29, 1.82) is 0 Å². The van der Waals surface area contributed by atoms with Gasteiger partial charge in [0, 0.05) is 17.6 Å². The first-order valence-electron chi connectivity index (χ1n) is 6.70. The molecule has 20 heavy (non-hydrogen) atoms. The number of hydrogen-bond donors (Lipinski definition) is 1. The van der Waals surface area contributed by atoms with Gasteiger partial charge in [-0.25, -0.2) is 4.98 Å². The van der Waals surface area contributed by atoms with Crippen LogP contribution in [0.2, 0.25) is 0 Å². The maximum atomic E-state index is 5.73. The minimum Gasteiger partial charge on any atom is -0.481 e. The molecular weight excluding hydrogens is 272 g/mol. The first kappa shape index (κ1) is 14.7. The molecule has 0 aliphatic rings. The molecule has 4 heteroatoms. The topological polar surface area (TPSA) is 34.1 Å². The van der Waals surface area contributed by atoms with Gasteiger partial charge in [-0.1, -0.05) is 18.2 Å². The van der Waals surface area contributed by atoms with E-state index < -0.39 is 0 Å². The van der Waals surface area contributed by atoms with Gasteiger partial charge in [-0.05, 0) is 36.6 Å². The lowest BCUT2D eigenvalue weighted by molar-refractivity contribution is 0.396. The summed E-state index contributed by atoms with van der Waals surface area (Å²) in [6.07, 6.45) is 2.01. The zero-order valence-electron chi connectivity index (χ0n) is 11.6. The van der Waals surface area contributed by atoms with Crippen molar-refractivity contribution >= 4 is 17.3 Å². The van der Waals surface area contributed by atoms with Crippen molar-refractivity contribution in [1.82, 2.24) is 4.98 Å². The van der Waals surface area contributed by atoms with E-state index >= 15 is 0 Å². The molecule has 1 heterocycles. The van der Waals surface area contributed by atoms with E-state index in [0.29, 0.717) is 18.3 Å². The maximum absolute atomic E-state index is 5.73. The lowest BCUT2D eigenvalue weighted by Gasteiger charge is -2.08. The molecule has 0 bridgehead atoms. The molecule has 1 aromatic carbocycles. The highest BCUT2D eigenvalue weighted by Gasteiger charge is 1.99. The quantitative estimate of drug-likeness (QED) is 0.786. The van der Waals surface area contributed by atoms with E-state index in [9.17, 15) is 0 Å². The van der Waals surface area contributed by atoms with Crippen LogP contribution >= 0.6 is 11.6 Å². The first-order chi connectivity index (χ1) is 9.81. The highest BCUT2D eigenvalue weighted by Crippen LogP contribution is 2.14. The Morgan fingerprint density at radius 1 is 1.20 bits per heavy atom. The van der Waals surface area contributed by atoms with Crippen LogP contribution in [0.3, 0.4) is 0 Å². The van der Waals surface area contributed by atoms with Gasteiger partial charge in [0.25, 0.3) is 0 Å². The van der Waals surface area contributed by atoms with Crippen molar-refractivity contribution < 1.29 is 4.74 Å². The Hall–Kier alpha value is -1.74. The molecule has 0 unspecified atom stereocenters. The van der Waals surface area contributed by atoms with Gasteiger partial charge in [-0.3, -0.25) is 0 Å². The number of rotatable bonds is 7. The highest BCUT2D eigenvalue weighted by molar-refractivity contribution is 6.17. The molecule has 0 spiro atoms. The first-order valence-corrected chi connectivity index (χ1v) is 7.24. The second kappa shape index (κ2) is 7.75. The Bertz CT molecular complexity index is 546. The molecular formula is C16H19ClN2O. The summed E-state index contributed by atoms with van der Waals surface area (Å²) in [5, 5.41) is 3.38. The van der Waals surface area contributed by atoms with Gasteiger partial charge in [0.05, 0.1) is 19.3 Å². The molecule has 0 fully saturated rings. The van der Waals surface area contributed by atoms with Crippen molar-refractivity contribution in [3.63, 3.8) is 0 Å². The van der Waals surface area contributed by atoms with Crippen molar-refractivity contribution in [2.45, 2.75) is 19.4 Å². The van der Waals surface area contributed by atoms with E-state index in [1.807, 2.05) is 18.2 Å². The van der Waals surface area contributed by atoms with Gasteiger partial charge in [-0.15, -0.1) is 11.6 Å². The maximum Gasteiger partial charge on any atom is 0.213 e. The third-order valence-corrected chi connectivity index (χ3v) is 3.26. The number of hydrogen-bond acceptors (Lipinski definition) is 3. The molecule has 106 valence electrons. The summed E-state index contributed by atoms with van der Waals surface area (Å²) in [5.41, 5.74) is 3.35. The molecule has 3 nitrogen and oxygen atoms in total. The van der Waals surface area contributed by atoms with Crippen LogP contribution in [0.1, 0.15) is 17.7 Å². The molecule has 0 saturated carbocycles. The summed E-state index contributed by atoms with van der Waals surface area (Å²) >= 11 is 5.73. The fourth-order valence-corrected chi connectivity index (χ4v) is 2.10. The lowest BCUT2D eigenvalue weighted by Crippen LogP contribution is -2.02. The zero-order chi connectivity index (χ0) is 14.2. The Labute approximate surface area is 124 Å². The number of nitrogens with zero attached hydrogens (tertiary/aromatic N) is 1. The molecule has 0 atom stereocenters. The average molecular weight is 291 g/mol. The average Bonchev–Trinajstić information content (AvgIpc) is 2.51. The van der Waals surface area contributed by atoms with Crippen molar-refractivity contribution in [3.8, 4) is 5.88 Å². The second-order valence-corrected chi connectivity index (χ2v) is 4.90. The number of aromatic nitrogens is 1. The molecule has 2 aromatic rings. The van der Waals surface area contributed by atoms with E-state index in [0.717, 1.165) is 24.2 Å². The van der Waals surface area contributed by atoms with E-state index in [1.165, 1.54) is 5.56 Å². The third kappa shape index (κ3) is 4.42. The van der Waals surface area contributed by atoms with Crippen LogP contribution in [0, 0.1) is 0 Å². The summed E-state index contributed by atoms with van der Waals surface area (Å²) in [4.78, 5) is 4.38. The predicted molar refractivity (Wildman–Crippen MR) is 83.6 cm³/mol. The standard InChI is InChI=1S/C16H19ClN2O/c1-20-16-9-3-8-15(19-16)12-18-14-7-2-5-13(11-14)6-4-10-17/h2-3,5,7-9,11,18H,4,6,10,12H2,1H3. The molecule has 1 aromatic heterocycles. The lowest BCUT2D eigenvalue weighted by atomic mass is 10.1. The van der Waals surface area contributed by atoms with E-state index in [-0.39, 0.29) is 0 Å². The van der Waals surface area contributed by atoms with Crippen LogP contribution in [0.15, 0.2) is 42.5 Å². The van der Waals surface area contributed by atoms with Crippen molar-refractivity contribution in [2.75, 3.05) is 18.3 Å². The zero-order valence-corrected chi connectivity index (χ0v) is 12.4. The van der Waals surface area contributed by atoms with Gasteiger partial charge < -0.3 is 10.1 Å². The van der Waals surface area contributed by atoms with E-state index in [4.69, 9.17) is 16.3 Å². The molecule has 0 saturated heterocycles. The number of aryl methyl sites for hydroxylation is 1. The van der Waals surface area contributed by atoms with Gasteiger partial charge in [0.1, 0.15) is 0 Å². The largest absolute Gasteiger partial charge is 0.481 e. The van der Waals surface area contributed by atoms with Gasteiger partial charge >= 0.3 is 0 Å². The number of methoxy groups -OCH3 is 1. The molecule has 1 N–H and O–H groups in total. The minimum atomic E-state index is 0.639. The summed E-state index contributed by atoms with van der Waals surface area (Å²) < 4.78 is 5.12. The fourth-order valence-electron chi connectivity index (χ4n) is 1.97. The van der Waals surface area contributed by atoms with Crippen LogP contribution in [0.25, 0.3) is 0 Å². The predicted octanol–water partition coefficient (Wildman–Crippen LogP) is 3.87. The number of nitrogens with one attached hydrogen (secondary N) is 1. The van der Waals surface area contributed by atoms with E-state index in [2.05, 4.69) is 34.6 Å². The molecule has 0 aliphatic carbocycles. The van der Waals surface area contributed by atoms with Crippen LogP contribution in [0.5, 0.6) is 5.88 Å². The van der Waals surface area contributed by atoms with Crippen LogP contribution in [-0.4, -0.2) is 18.0 Å². The Kier molecular flexibility index (Phi) is 5.69. The molecule has 2 rings (SSSR count). The second-order valence-electron chi connectivity index (χ2n) is 4.52. The fraction of sp³-hybridized carbons (Fsp3) is 0.312.